The van der Waals surface area contributed by atoms with E-state index in [2.05, 4.69) is 31.9 Å². The van der Waals surface area contributed by atoms with Crippen molar-refractivity contribution in [2.24, 2.45) is 11.8 Å². The van der Waals surface area contributed by atoms with Gasteiger partial charge in [0.15, 0.2) is 0 Å². The quantitative estimate of drug-likeness (QED) is 0.0627. The summed E-state index contributed by atoms with van der Waals surface area (Å²) < 4.78 is 0. The predicted octanol–water partition coefficient (Wildman–Crippen LogP) is 6.59. The third kappa shape index (κ3) is 14.4. The van der Waals surface area contributed by atoms with Gasteiger partial charge >= 0.3 is 5.97 Å². The zero-order valence-corrected chi connectivity index (χ0v) is 41.2. The van der Waals surface area contributed by atoms with E-state index in [0.29, 0.717) is 41.6 Å². The van der Waals surface area contributed by atoms with Gasteiger partial charge in [-0.25, -0.2) is 4.79 Å². The predicted molar refractivity (Wildman–Crippen MR) is 280 cm³/mol. The zero-order chi connectivity index (χ0) is 51.1. The monoisotopic (exact) mass is 1000 g/mol. The van der Waals surface area contributed by atoms with E-state index >= 15 is 0 Å². The minimum Gasteiger partial charge on any atom is -0.480 e. The Balaban J connectivity index is 1.16. The molecular weight excluding hydrogens is 941 g/mol. The molecule has 1 aromatic heterocycles. The number of amides is 6. The Labute approximate surface area is 428 Å². The standard InChI is InChI=1S/C58H60N6O8S/c65-52-45-20-10-11-21-46(45)53(66)61-50(36-44-19-12-32-73-44)57(70)63-48(33-39-22-27-42(28-23-39)41-17-8-3-9-18-41)55(68)60-47(31-26-37-13-4-1-5-14-37)54(67)62-49(34-40-24-29-43(59-52)30-25-40)56(69)64-51(58(71)72)35-38-15-6-2-7-16-38/h1-9,12-19,22-25,27-30,32,45-51H,10-11,20-21,26,31,33-36H2,(H,59,65)(H,60,68)(H,61,66)(H,62,67)(H,63,70)(H,64,69)(H,71,72)/t45-,46-,47+,48-,49-,50+,51+/m1/s1. The Morgan fingerprint density at radius 1 is 0.562 bits per heavy atom. The van der Waals surface area contributed by atoms with Crippen LogP contribution in [0.1, 0.15) is 59.2 Å². The highest BCUT2D eigenvalue weighted by Crippen LogP contribution is 2.32. The summed E-state index contributed by atoms with van der Waals surface area (Å²) in [5.41, 5.74) is 5.23. The number of rotatable bonds is 13. The van der Waals surface area contributed by atoms with Gasteiger partial charge in [-0.05, 0) is 82.6 Å². The van der Waals surface area contributed by atoms with Gasteiger partial charge < -0.3 is 37.0 Å². The smallest absolute Gasteiger partial charge is 0.326 e. The lowest BCUT2D eigenvalue weighted by molar-refractivity contribution is -0.142. The number of benzene rings is 5. The summed E-state index contributed by atoms with van der Waals surface area (Å²) in [5.74, 6) is -6.27. The van der Waals surface area contributed by atoms with Gasteiger partial charge in [-0.15, -0.1) is 11.3 Å². The molecule has 5 aromatic carbocycles. The Morgan fingerprint density at radius 3 is 1.75 bits per heavy atom. The van der Waals surface area contributed by atoms with Gasteiger partial charge in [0.1, 0.15) is 30.2 Å². The summed E-state index contributed by atoms with van der Waals surface area (Å²) in [6, 6.07) is 39.8. The maximum atomic E-state index is 15.0. The molecule has 1 fully saturated rings. The van der Waals surface area contributed by atoms with Crippen molar-refractivity contribution in [2.45, 2.75) is 94.4 Å². The molecule has 0 spiro atoms. The molecule has 1 aliphatic carbocycles. The Bertz CT molecular complexity index is 2830. The molecule has 7 atom stereocenters. The Kier molecular flexibility index (Phi) is 17.6. The lowest BCUT2D eigenvalue weighted by Crippen LogP contribution is -2.60. The summed E-state index contributed by atoms with van der Waals surface area (Å²) >= 11 is 1.42. The number of thiophene rings is 1. The molecule has 3 heterocycles. The molecule has 1 saturated carbocycles. The molecule has 0 unspecified atom stereocenters. The van der Waals surface area contributed by atoms with Gasteiger partial charge in [0, 0.05) is 48.1 Å². The summed E-state index contributed by atoms with van der Waals surface area (Å²) in [6.07, 6.45) is 2.78. The number of carbonyl (C=O) groups is 7. The van der Waals surface area contributed by atoms with E-state index in [1.807, 2.05) is 102 Å². The van der Waals surface area contributed by atoms with Crippen molar-refractivity contribution in [2.75, 3.05) is 5.32 Å². The molecule has 2 aliphatic heterocycles. The highest BCUT2D eigenvalue weighted by molar-refractivity contribution is 7.09. The number of hydrogen-bond donors (Lipinski definition) is 7. The van der Waals surface area contributed by atoms with Crippen molar-refractivity contribution in [3.63, 3.8) is 0 Å². The van der Waals surface area contributed by atoms with Crippen LogP contribution in [0.3, 0.4) is 0 Å². The maximum Gasteiger partial charge on any atom is 0.326 e. The molecule has 6 amide bonds. The van der Waals surface area contributed by atoms with Crippen LogP contribution < -0.4 is 31.9 Å². The molecule has 9 rings (SSSR count). The van der Waals surface area contributed by atoms with Gasteiger partial charge in [-0.3, -0.25) is 28.8 Å². The van der Waals surface area contributed by atoms with Crippen LogP contribution in [-0.4, -0.2) is 76.7 Å². The number of carboxylic acids is 1. The van der Waals surface area contributed by atoms with Crippen molar-refractivity contribution in [3.05, 3.63) is 184 Å². The lowest BCUT2D eigenvalue weighted by atomic mass is 9.78. The van der Waals surface area contributed by atoms with Crippen molar-refractivity contribution >= 4 is 58.4 Å². The van der Waals surface area contributed by atoms with E-state index in [0.717, 1.165) is 34.4 Å². The minimum absolute atomic E-state index is 0.00303. The molecule has 2 bridgehead atoms. The van der Waals surface area contributed by atoms with Crippen LogP contribution in [0.15, 0.2) is 157 Å². The van der Waals surface area contributed by atoms with E-state index in [-0.39, 0.29) is 38.0 Å². The number of nitrogens with one attached hydrogen (secondary N) is 6. The average molecular weight is 1000 g/mol. The first-order valence-electron chi connectivity index (χ1n) is 24.8. The fourth-order valence-corrected chi connectivity index (χ4v) is 10.3. The molecule has 7 N–H and O–H groups in total. The van der Waals surface area contributed by atoms with Crippen LogP contribution in [0.25, 0.3) is 11.1 Å². The highest BCUT2D eigenvalue weighted by Gasteiger charge is 2.39. The summed E-state index contributed by atoms with van der Waals surface area (Å²) in [6.45, 7) is 0. The normalized spacial score (nSPS) is 21.4. The number of anilines is 1. The van der Waals surface area contributed by atoms with Crippen molar-refractivity contribution in [3.8, 4) is 11.1 Å². The third-order valence-corrected chi connectivity index (χ3v) is 14.5. The average Bonchev–Trinajstić information content (AvgIpc) is 3.93. The molecule has 376 valence electrons. The van der Waals surface area contributed by atoms with Gasteiger partial charge in [-0.2, -0.15) is 0 Å². The summed E-state index contributed by atoms with van der Waals surface area (Å²) in [7, 11) is 0. The SMILES string of the molecule is O=C(O)[C@H](Cc1ccccc1)NC(=O)[C@H]1Cc2ccc(cc2)NC(=O)[C@@H]2CCCC[C@H]2C(=O)N[C@@H](Cc2cccs2)C(=O)N[C@H](Cc2ccc(-c3ccccc3)cc2)C(=O)N[C@@H](CCc2ccccc2)C(=O)N1. The zero-order valence-electron chi connectivity index (χ0n) is 40.3. The van der Waals surface area contributed by atoms with E-state index in [1.54, 1.807) is 54.6 Å². The van der Waals surface area contributed by atoms with Crippen molar-refractivity contribution in [1.82, 2.24) is 26.6 Å². The number of aryl methyl sites for hydroxylation is 1. The van der Waals surface area contributed by atoms with Crippen LogP contribution in [-0.2, 0) is 65.7 Å². The van der Waals surface area contributed by atoms with E-state index in [9.17, 15) is 38.7 Å². The third-order valence-electron chi connectivity index (χ3n) is 13.6. The van der Waals surface area contributed by atoms with Gasteiger partial charge in [-0.1, -0.05) is 146 Å². The second kappa shape index (κ2) is 25.0. The van der Waals surface area contributed by atoms with Gasteiger partial charge in [0.05, 0.1) is 0 Å². The summed E-state index contributed by atoms with van der Waals surface area (Å²) in [4.78, 5) is 101. The minimum atomic E-state index is -1.34. The molecular formula is C58H60N6O8S. The van der Waals surface area contributed by atoms with E-state index < -0.39 is 77.6 Å². The molecule has 15 heteroatoms. The van der Waals surface area contributed by atoms with Crippen LogP contribution in [0, 0.1) is 11.8 Å². The fraction of sp³-hybridized carbons (Fsp3) is 0.293. The van der Waals surface area contributed by atoms with Gasteiger partial charge in [0.2, 0.25) is 35.4 Å². The summed E-state index contributed by atoms with van der Waals surface area (Å²) in [5, 5.41) is 29.5. The van der Waals surface area contributed by atoms with Crippen LogP contribution in [0.4, 0.5) is 5.69 Å². The number of aliphatic carboxylic acids is 1. The number of hydrogen-bond acceptors (Lipinski definition) is 8. The van der Waals surface area contributed by atoms with Crippen LogP contribution in [0.2, 0.25) is 0 Å². The van der Waals surface area contributed by atoms with Crippen LogP contribution in [0.5, 0.6) is 0 Å². The fourth-order valence-electron chi connectivity index (χ4n) is 9.55. The van der Waals surface area contributed by atoms with Crippen LogP contribution >= 0.6 is 11.3 Å². The molecule has 6 aromatic rings. The number of carbonyl (C=O) groups excluding carboxylic acids is 6. The van der Waals surface area contributed by atoms with E-state index in [1.165, 1.54) is 11.3 Å². The Hall–Kier alpha value is -7.91. The van der Waals surface area contributed by atoms with E-state index in [4.69, 9.17) is 0 Å². The first kappa shape index (κ1) is 51.4. The molecule has 0 radical (unpaired) electrons. The first-order valence-corrected chi connectivity index (χ1v) is 25.7. The maximum absolute atomic E-state index is 15.0. The highest BCUT2D eigenvalue weighted by atomic mass is 32.1. The second-order valence-corrected chi connectivity index (χ2v) is 19.8. The van der Waals surface area contributed by atoms with Crippen molar-refractivity contribution in [1.29, 1.82) is 0 Å². The molecule has 3 aliphatic rings. The topological polar surface area (TPSA) is 212 Å². The molecule has 0 saturated heterocycles. The number of fused-ring (bicyclic) bond motifs is 15. The number of carboxylic acid groups (broad SMARTS) is 1. The second-order valence-electron chi connectivity index (χ2n) is 18.8. The van der Waals surface area contributed by atoms with Crippen molar-refractivity contribution < 1.29 is 38.7 Å². The lowest BCUT2D eigenvalue weighted by Gasteiger charge is -2.31. The Morgan fingerprint density at radius 2 is 1.12 bits per heavy atom. The largest absolute Gasteiger partial charge is 0.480 e. The van der Waals surface area contributed by atoms with Gasteiger partial charge in [0.25, 0.3) is 0 Å². The first-order chi connectivity index (χ1) is 35.4. The molecule has 73 heavy (non-hydrogen) atoms. The molecule has 14 nitrogen and oxygen atoms in total.